The number of nitrogens with two attached hydrogens (primary N) is 1. The van der Waals surface area contributed by atoms with Gasteiger partial charge in [0.15, 0.2) is 5.13 Å². The largest absolute Gasteiger partial charge is 0.394 e. The molecule has 0 radical (unpaired) electrons. The van der Waals surface area contributed by atoms with E-state index in [1.54, 1.807) is 5.38 Å². The number of nitrogen functional groups attached to an aromatic ring is 1. The number of aliphatic hydroxyl groups is 1. The number of amides is 1. The molecule has 0 bridgehead atoms. The number of rotatable bonds is 4. The van der Waals surface area contributed by atoms with E-state index in [2.05, 4.69) is 10.3 Å². The van der Waals surface area contributed by atoms with Gasteiger partial charge in [-0.2, -0.15) is 0 Å². The Morgan fingerprint density at radius 2 is 2.33 bits per heavy atom. The Labute approximate surface area is 109 Å². The maximum atomic E-state index is 11.9. The Hall–Kier alpha value is -1.18. The molecule has 0 saturated carbocycles. The molecular formula is C11H17N3O3S. The molecule has 0 spiro atoms. The van der Waals surface area contributed by atoms with E-state index in [9.17, 15) is 9.90 Å². The molecule has 1 aliphatic heterocycles. The van der Waals surface area contributed by atoms with Gasteiger partial charge in [0.05, 0.1) is 24.3 Å². The third-order valence-electron chi connectivity index (χ3n) is 3.07. The summed E-state index contributed by atoms with van der Waals surface area (Å²) < 4.78 is 5.24. The van der Waals surface area contributed by atoms with Gasteiger partial charge in [-0.3, -0.25) is 4.79 Å². The van der Waals surface area contributed by atoms with Crippen LogP contribution < -0.4 is 11.1 Å². The number of carbonyl (C=O) groups is 1. The minimum absolute atomic E-state index is 0.0682. The summed E-state index contributed by atoms with van der Waals surface area (Å²) in [7, 11) is 0. The SMILES string of the molecule is Nc1nc(CC(=O)NC2(CO)CCOCC2)cs1. The van der Waals surface area contributed by atoms with Gasteiger partial charge in [0, 0.05) is 18.6 Å². The number of hydrogen-bond acceptors (Lipinski definition) is 6. The number of ether oxygens (including phenoxy) is 1. The molecule has 7 heteroatoms. The molecule has 1 amide bonds. The summed E-state index contributed by atoms with van der Waals surface area (Å²) in [4.78, 5) is 16.0. The van der Waals surface area contributed by atoms with Crippen LogP contribution in [0, 0.1) is 0 Å². The quantitative estimate of drug-likeness (QED) is 0.712. The second kappa shape index (κ2) is 5.64. The number of aliphatic hydroxyl groups excluding tert-OH is 1. The van der Waals surface area contributed by atoms with E-state index >= 15 is 0 Å². The number of aromatic nitrogens is 1. The fourth-order valence-corrected chi connectivity index (χ4v) is 2.56. The van der Waals surface area contributed by atoms with Crippen LogP contribution in [0.1, 0.15) is 18.5 Å². The predicted octanol–water partition coefficient (Wildman–Crippen LogP) is -0.0745. The molecule has 1 fully saturated rings. The molecular weight excluding hydrogens is 254 g/mol. The molecule has 100 valence electrons. The fraction of sp³-hybridized carbons (Fsp3) is 0.636. The summed E-state index contributed by atoms with van der Waals surface area (Å²) in [6.45, 7) is 1.05. The molecule has 1 aromatic rings. The van der Waals surface area contributed by atoms with E-state index in [1.807, 2.05) is 0 Å². The monoisotopic (exact) mass is 271 g/mol. The van der Waals surface area contributed by atoms with Crippen molar-refractivity contribution < 1.29 is 14.6 Å². The normalized spacial score (nSPS) is 18.5. The van der Waals surface area contributed by atoms with Crippen LogP contribution in [0.4, 0.5) is 5.13 Å². The highest BCUT2D eigenvalue weighted by Gasteiger charge is 2.33. The van der Waals surface area contributed by atoms with Crippen molar-refractivity contribution in [3.05, 3.63) is 11.1 Å². The van der Waals surface area contributed by atoms with Crippen LogP contribution in [-0.2, 0) is 16.0 Å². The highest BCUT2D eigenvalue weighted by Crippen LogP contribution is 2.20. The zero-order valence-corrected chi connectivity index (χ0v) is 10.8. The van der Waals surface area contributed by atoms with Crippen molar-refractivity contribution >= 4 is 22.4 Å². The topological polar surface area (TPSA) is 97.5 Å². The van der Waals surface area contributed by atoms with Crippen molar-refractivity contribution in [1.82, 2.24) is 10.3 Å². The Bertz CT molecular complexity index is 415. The summed E-state index contributed by atoms with van der Waals surface area (Å²) in [6, 6.07) is 0. The van der Waals surface area contributed by atoms with Crippen molar-refractivity contribution in [3.63, 3.8) is 0 Å². The summed E-state index contributed by atoms with van der Waals surface area (Å²) >= 11 is 1.31. The van der Waals surface area contributed by atoms with Crippen molar-refractivity contribution in [2.24, 2.45) is 0 Å². The highest BCUT2D eigenvalue weighted by atomic mass is 32.1. The maximum Gasteiger partial charge on any atom is 0.226 e. The number of anilines is 1. The molecule has 4 N–H and O–H groups in total. The van der Waals surface area contributed by atoms with Crippen LogP contribution >= 0.6 is 11.3 Å². The van der Waals surface area contributed by atoms with Crippen LogP contribution in [0.2, 0.25) is 0 Å². The summed E-state index contributed by atoms with van der Waals surface area (Å²) in [5.74, 6) is -0.142. The van der Waals surface area contributed by atoms with Crippen molar-refractivity contribution in [1.29, 1.82) is 0 Å². The van der Waals surface area contributed by atoms with Crippen LogP contribution in [0.15, 0.2) is 5.38 Å². The molecule has 1 aromatic heterocycles. The lowest BCUT2D eigenvalue weighted by Crippen LogP contribution is -2.55. The van der Waals surface area contributed by atoms with Gasteiger partial charge in [-0.25, -0.2) is 4.98 Å². The molecule has 0 atom stereocenters. The van der Waals surface area contributed by atoms with Crippen molar-refractivity contribution in [2.45, 2.75) is 24.8 Å². The third kappa shape index (κ3) is 3.18. The summed E-state index contributed by atoms with van der Waals surface area (Å²) in [5, 5.41) is 14.6. The molecule has 0 unspecified atom stereocenters. The second-order valence-electron chi connectivity index (χ2n) is 4.45. The molecule has 2 heterocycles. The first-order valence-corrected chi connectivity index (χ1v) is 6.71. The zero-order chi connectivity index (χ0) is 13.0. The molecule has 6 nitrogen and oxygen atoms in total. The number of thiazole rings is 1. The Morgan fingerprint density at radius 1 is 1.61 bits per heavy atom. The van der Waals surface area contributed by atoms with Gasteiger partial charge in [-0.15, -0.1) is 11.3 Å². The van der Waals surface area contributed by atoms with E-state index in [-0.39, 0.29) is 18.9 Å². The van der Waals surface area contributed by atoms with Gasteiger partial charge >= 0.3 is 0 Å². The molecule has 1 aliphatic rings. The lowest BCUT2D eigenvalue weighted by molar-refractivity contribution is -0.124. The van der Waals surface area contributed by atoms with Crippen molar-refractivity contribution in [2.75, 3.05) is 25.6 Å². The van der Waals surface area contributed by atoms with Gasteiger partial charge in [0.25, 0.3) is 0 Å². The van der Waals surface area contributed by atoms with Gasteiger partial charge in [0.2, 0.25) is 5.91 Å². The number of carbonyl (C=O) groups excluding carboxylic acids is 1. The summed E-state index contributed by atoms with van der Waals surface area (Å²) in [6.07, 6.45) is 1.46. The molecule has 2 rings (SSSR count). The lowest BCUT2D eigenvalue weighted by Gasteiger charge is -2.36. The van der Waals surface area contributed by atoms with E-state index in [1.165, 1.54) is 11.3 Å². The van der Waals surface area contributed by atoms with E-state index in [0.717, 1.165) is 0 Å². The first-order chi connectivity index (χ1) is 8.63. The smallest absolute Gasteiger partial charge is 0.226 e. The first kappa shape index (κ1) is 13.3. The molecule has 0 aromatic carbocycles. The van der Waals surface area contributed by atoms with E-state index in [0.29, 0.717) is 36.9 Å². The standard InChI is InChI=1S/C11H17N3O3S/c12-10-13-8(6-18-10)5-9(16)14-11(7-15)1-3-17-4-2-11/h6,15H,1-5,7H2,(H2,12,13)(H,14,16). The number of nitrogens with zero attached hydrogens (tertiary/aromatic N) is 1. The minimum Gasteiger partial charge on any atom is -0.394 e. The highest BCUT2D eigenvalue weighted by molar-refractivity contribution is 7.13. The number of nitrogens with one attached hydrogen (secondary N) is 1. The Kier molecular flexibility index (Phi) is 4.15. The van der Waals surface area contributed by atoms with Crippen molar-refractivity contribution in [3.8, 4) is 0 Å². The molecule has 1 saturated heterocycles. The average molecular weight is 271 g/mol. The van der Waals surface area contributed by atoms with Crippen LogP contribution in [0.3, 0.4) is 0 Å². The predicted molar refractivity (Wildman–Crippen MR) is 68.2 cm³/mol. The maximum absolute atomic E-state index is 11.9. The minimum atomic E-state index is -0.545. The summed E-state index contributed by atoms with van der Waals surface area (Å²) in [5.41, 5.74) is 5.63. The van der Waals surface area contributed by atoms with Crippen LogP contribution in [-0.4, -0.2) is 41.4 Å². The Balaban J connectivity index is 1.93. The zero-order valence-electron chi connectivity index (χ0n) is 10.0. The second-order valence-corrected chi connectivity index (χ2v) is 5.34. The van der Waals surface area contributed by atoms with Gasteiger partial charge < -0.3 is 20.9 Å². The Morgan fingerprint density at radius 3 is 2.89 bits per heavy atom. The number of hydrogen-bond donors (Lipinski definition) is 3. The fourth-order valence-electron chi connectivity index (χ4n) is 1.99. The van der Waals surface area contributed by atoms with E-state index < -0.39 is 5.54 Å². The molecule has 0 aliphatic carbocycles. The van der Waals surface area contributed by atoms with E-state index in [4.69, 9.17) is 10.5 Å². The molecule has 18 heavy (non-hydrogen) atoms. The average Bonchev–Trinajstić information content (AvgIpc) is 2.75. The first-order valence-electron chi connectivity index (χ1n) is 5.83. The lowest BCUT2D eigenvalue weighted by atomic mass is 9.91. The van der Waals surface area contributed by atoms with Gasteiger partial charge in [0.1, 0.15) is 0 Å². The third-order valence-corrected chi connectivity index (χ3v) is 3.79. The van der Waals surface area contributed by atoms with Crippen LogP contribution in [0.5, 0.6) is 0 Å². The van der Waals surface area contributed by atoms with Gasteiger partial charge in [-0.05, 0) is 12.8 Å². The van der Waals surface area contributed by atoms with Crippen LogP contribution in [0.25, 0.3) is 0 Å². The van der Waals surface area contributed by atoms with Gasteiger partial charge in [-0.1, -0.05) is 0 Å².